The van der Waals surface area contributed by atoms with Gasteiger partial charge in [-0.15, -0.1) is 0 Å². The van der Waals surface area contributed by atoms with Gasteiger partial charge >= 0.3 is 133 Å². The monoisotopic (exact) mass is 402 g/mol. The summed E-state index contributed by atoms with van der Waals surface area (Å²) in [7, 11) is 0. The first kappa shape index (κ1) is 15.8. The van der Waals surface area contributed by atoms with Gasteiger partial charge in [0.1, 0.15) is 0 Å². The average Bonchev–Trinajstić information content (AvgIpc) is 2.52. The van der Waals surface area contributed by atoms with Gasteiger partial charge in [0.25, 0.3) is 0 Å². The van der Waals surface area contributed by atoms with Gasteiger partial charge in [0.15, 0.2) is 0 Å². The first-order valence-corrected chi connectivity index (χ1v) is 10.6. The molecular formula is C16H18O2Se2. The Labute approximate surface area is 132 Å². The quantitative estimate of drug-likeness (QED) is 0.669. The van der Waals surface area contributed by atoms with E-state index in [9.17, 15) is 10.2 Å². The minimum atomic E-state index is -0.610. The van der Waals surface area contributed by atoms with Crippen molar-refractivity contribution in [3.05, 3.63) is 60.7 Å². The second-order valence-corrected chi connectivity index (χ2v) is 8.97. The Hall–Kier alpha value is -0.601. The molecule has 0 radical (unpaired) electrons. The van der Waals surface area contributed by atoms with Crippen molar-refractivity contribution in [3.8, 4) is 0 Å². The zero-order chi connectivity index (χ0) is 14.2. The molecule has 0 aromatic heterocycles. The van der Waals surface area contributed by atoms with Crippen LogP contribution in [0.3, 0.4) is 0 Å². The Balaban J connectivity index is 1.73. The summed E-state index contributed by atoms with van der Waals surface area (Å²) in [6, 6.07) is 20.3. The number of aliphatic hydroxyl groups is 2. The van der Waals surface area contributed by atoms with Crippen LogP contribution in [0.5, 0.6) is 0 Å². The molecule has 0 bridgehead atoms. The van der Waals surface area contributed by atoms with Crippen LogP contribution in [0.1, 0.15) is 0 Å². The third-order valence-corrected chi connectivity index (χ3v) is 7.45. The number of aliphatic hydroxyl groups excluding tert-OH is 2. The summed E-state index contributed by atoms with van der Waals surface area (Å²) in [5.41, 5.74) is 0. The van der Waals surface area contributed by atoms with Crippen molar-refractivity contribution >= 4 is 38.8 Å². The van der Waals surface area contributed by atoms with Crippen molar-refractivity contribution in [2.45, 2.75) is 22.8 Å². The molecular weight excluding hydrogens is 382 g/mol. The van der Waals surface area contributed by atoms with Gasteiger partial charge in [0.05, 0.1) is 0 Å². The van der Waals surface area contributed by atoms with E-state index >= 15 is 0 Å². The molecule has 0 saturated carbocycles. The molecule has 2 N–H and O–H groups in total. The van der Waals surface area contributed by atoms with Gasteiger partial charge < -0.3 is 0 Å². The van der Waals surface area contributed by atoms with E-state index in [1.54, 1.807) is 0 Å². The number of hydrogen-bond donors (Lipinski definition) is 2. The van der Waals surface area contributed by atoms with Crippen molar-refractivity contribution in [1.82, 2.24) is 0 Å². The molecule has 2 atom stereocenters. The topological polar surface area (TPSA) is 40.5 Å². The number of rotatable bonds is 7. The third kappa shape index (κ3) is 5.41. The Bertz CT molecular complexity index is 443. The Kier molecular flexibility index (Phi) is 6.81. The molecule has 4 heteroatoms. The molecule has 0 saturated heterocycles. The van der Waals surface area contributed by atoms with E-state index in [0.717, 1.165) is 0 Å². The maximum atomic E-state index is 10.0. The summed E-state index contributed by atoms with van der Waals surface area (Å²) in [6.07, 6.45) is -1.22. The van der Waals surface area contributed by atoms with Crippen LogP contribution in [0.4, 0.5) is 0 Å². The molecule has 0 heterocycles. The Morgan fingerprint density at radius 3 is 1.35 bits per heavy atom. The molecule has 2 aromatic rings. The Morgan fingerprint density at radius 2 is 1.00 bits per heavy atom. The standard InChI is InChI=1S/C16H18O2Se2/c17-15(11-19-13-7-3-1-4-8-13)16(18)12-20-14-9-5-2-6-10-14/h1-10,15-18H,11-12H2/t15-,16-/m0/s1. The predicted octanol–water partition coefficient (Wildman–Crippen LogP) is 0.604. The summed E-state index contributed by atoms with van der Waals surface area (Å²) in [6.45, 7) is 0. The van der Waals surface area contributed by atoms with Gasteiger partial charge in [-0.3, -0.25) is 0 Å². The molecule has 0 aliphatic carbocycles. The molecule has 2 nitrogen and oxygen atoms in total. The van der Waals surface area contributed by atoms with E-state index in [1.807, 2.05) is 36.4 Å². The van der Waals surface area contributed by atoms with Crippen molar-refractivity contribution in [2.24, 2.45) is 0 Å². The summed E-state index contributed by atoms with van der Waals surface area (Å²) < 4.78 is 2.53. The number of hydrogen-bond acceptors (Lipinski definition) is 2. The van der Waals surface area contributed by atoms with Crippen LogP contribution in [-0.4, -0.2) is 52.3 Å². The molecule has 106 valence electrons. The molecule has 2 aromatic carbocycles. The molecule has 0 amide bonds. The van der Waals surface area contributed by atoms with Gasteiger partial charge in [-0.2, -0.15) is 0 Å². The van der Waals surface area contributed by atoms with Gasteiger partial charge in [-0.05, 0) is 0 Å². The molecule has 2 rings (SSSR count). The van der Waals surface area contributed by atoms with Crippen LogP contribution in [0.2, 0.25) is 10.6 Å². The van der Waals surface area contributed by atoms with Gasteiger partial charge in [-0.25, -0.2) is 0 Å². The van der Waals surface area contributed by atoms with Crippen molar-refractivity contribution in [3.63, 3.8) is 0 Å². The van der Waals surface area contributed by atoms with Gasteiger partial charge in [0, 0.05) is 0 Å². The normalized spacial score (nSPS) is 13.9. The molecule has 0 aliphatic rings. The molecule has 0 aliphatic heterocycles. The van der Waals surface area contributed by atoms with E-state index < -0.39 is 12.2 Å². The molecule has 0 fully saturated rings. The van der Waals surface area contributed by atoms with Crippen molar-refractivity contribution < 1.29 is 10.2 Å². The minimum absolute atomic E-state index is 0.224. The van der Waals surface area contributed by atoms with E-state index in [-0.39, 0.29) is 29.9 Å². The van der Waals surface area contributed by atoms with Crippen molar-refractivity contribution in [1.29, 1.82) is 0 Å². The van der Waals surface area contributed by atoms with Crippen LogP contribution < -0.4 is 8.92 Å². The number of benzene rings is 2. The summed E-state index contributed by atoms with van der Waals surface area (Å²) >= 11 is 0.447. The second kappa shape index (κ2) is 8.63. The van der Waals surface area contributed by atoms with Crippen LogP contribution in [-0.2, 0) is 0 Å². The summed E-state index contributed by atoms with van der Waals surface area (Å²) in [4.78, 5) is 0. The van der Waals surface area contributed by atoms with Crippen LogP contribution in [0.25, 0.3) is 0 Å². The Morgan fingerprint density at radius 1 is 0.650 bits per heavy atom. The van der Waals surface area contributed by atoms with Crippen LogP contribution >= 0.6 is 0 Å². The van der Waals surface area contributed by atoms with Crippen LogP contribution in [0.15, 0.2) is 60.7 Å². The van der Waals surface area contributed by atoms with Gasteiger partial charge in [-0.1, -0.05) is 0 Å². The van der Waals surface area contributed by atoms with E-state index in [2.05, 4.69) is 24.3 Å². The van der Waals surface area contributed by atoms with E-state index in [0.29, 0.717) is 10.6 Å². The van der Waals surface area contributed by atoms with Crippen molar-refractivity contribution in [2.75, 3.05) is 0 Å². The summed E-state index contributed by atoms with van der Waals surface area (Å²) in [5.74, 6) is 0. The zero-order valence-electron chi connectivity index (χ0n) is 11.1. The fourth-order valence-corrected chi connectivity index (χ4v) is 5.54. The molecule has 0 unspecified atom stereocenters. The first-order chi connectivity index (χ1) is 9.75. The first-order valence-electron chi connectivity index (χ1n) is 6.47. The second-order valence-electron chi connectivity index (χ2n) is 4.38. The predicted molar refractivity (Wildman–Crippen MR) is 85.3 cm³/mol. The maximum absolute atomic E-state index is 10.0. The molecule has 0 spiro atoms. The third-order valence-electron chi connectivity index (χ3n) is 2.77. The average molecular weight is 400 g/mol. The SMILES string of the molecule is O[C@@H](C[Se]c1ccccc1)[C@@H](O)C[Se]c1ccccc1. The summed E-state index contributed by atoms with van der Waals surface area (Å²) in [5, 5.41) is 21.4. The molecule has 20 heavy (non-hydrogen) atoms. The fraction of sp³-hybridized carbons (Fsp3) is 0.250. The van der Waals surface area contributed by atoms with Crippen LogP contribution in [0, 0.1) is 0 Å². The van der Waals surface area contributed by atoms with Gasteiger partial charge in [0.2, 0.25) is 0 Å². The fourth-order valence-electron chi connectivity index (χ4n) is 1.62. The zero-order valence-corrected chi connectivity index (χ0v) is 14.5. The van der Waals surface area contributed by atoms with E-state index in [4.69, 9.17) is 0 Å². The van der Waals surface area contributed by atoms with E-state index in [1.165, 1.54) is 8.92 Å².